The fraction of sp³-hybridized carbons (Fsp3) is 0.333. The molecule has 1 N–H and O–H groups in total. The van der Waals surface area contributed by atoms with Gasteiger partial charge in [0.2, 0.25) is 0 Å². The number of benzene rings is 1. The molecule has 7 nitrogen and oxygen atoms in total. The van der Waals surface area contributed by atoms with Gasteiger partial charge in [0.15, 0.2) is 5.69 Å². The first kappa shape index (κ1) is 17.0. The average Bonchev–Trinajstić information content (AvgIpc) is 2.99. The minimum absolute atomic E-state index is 0.198. The highest BCUT2D eigenvalue weighted by molar-refractivity contribution is 5.93. The highest BCUT2D eigenvalue weighted by Crippen LogP contribution is 2.21. The monoisotopic (exact) mass is 338 g/mol. The van der Waals surface area contributed by atoms with Crippen LogP contribution >= 0.6 is 0 Å². The van der Waals surface area contributed by atoms with E-state index in [0.29, 0.717) is 17.9 Å². The van der Waals surface area contributed by atoms with Crippen molar-refractivity contribution in [3.05, 3.63) is 47.9 Å². The standard InChI is InChI=1S/C18H22N6O/c1-13-16(18(25)20-11-6-12-23(2)3)21-22-24(13)15-9-4-7-14-8-5-10-19-17(14)15/h4-5,7-10H,6,11-12H2,1-3H3,(H,20,25). The molecule has 0 radical (unpaired) electrons. The highest BCUT2D eigenvalue weighted by atomic mass is 16.2. The number of pyridine rings is 1. The van der Waals surface area contributed by atoms with Gasteiger partial charge in [-0.1, -0.05) is 23.4 Å². The summed E-state index contributed by atoms with van der Waals surface area (Å²) in [6.45, 7) is 3.38. The number of para-hydroxylation sites is 1. The van der Waals surface area contributed by atoms with Crippen molar-refractivity contribution < 1.29 is 4.79 Å². The molecule has 0 saturated carbocycles. The van der Waals surface area contributed by atoms with Crippen molar-refractivity contribution in [2.24, 2.45) is 0 Å². The van der Waals surface area contributed by atoms with E-state index in [1.165, 1.54) is 0 Å². The molecule has 0 aliphatic carbocycles. The summed E-state index contributed by atoms with van der Waals surface area (Å²) in [5.74, 6) is -0.198. The summed E-state index contributed by atoms with van der Waals surface area (Å²) in [6, 6.07) is 9.76. The summed E-state index contributed by atoms with van der Waals surface area (Å²) in [4.78, 5) is 18.9. The molecule has 7 heteroatoms. The van der Waals surface area contributed by atoms with Crippen LogP contribution in [-0.2, 0) is 0 Å². The van der Waals surface area contributed by atoms with Crippen LogP contribution in [0.3, 0.4) is 0 Å². The lowest BCUT2D eigenvalue weighted by atomic mass is 10.2. The number of nitrogens with zero attached hydrogens (tertiary/aromatic N) is 5. The van der Waals surface area contributed by atoms with E-state index in [-0.39, 0.29) is 5.91 Å². The van der Waals surface area contributed by atoms with Crippen molar-refractivity contribution in [1.82, 2.24) is 30.2 Å². The number of carbonyl (C=O) groups is 1. The third-order valence-electron chi connectivity index (χ3n) is 4.02. The lowest BCUT2D eigenvalue weighted by Crippen LogP contribution is -2.28. The molecule has 0 fully saturated rings. The zero-order valence-corrected chi connectivity index (χ0v) is 14.7. The SMILES string of the molecule is Cc1c(C(=O)NCCCN(C)C)nnn1-c1cccc2cccnc12. The van der Waals surface area contributed by atoms with Crippen LogP contribution in [0, 0.1) is 6.92 Å². The Morgan fingerprint density at radius 3 is 2.84 bits per heavy atom. The second-order valence-electron chi connectivity index (χ2n) is 6.20. The maximum atomic E-state index is 12.4. The Balaban J connectivity index is 1.82. The molecule has 0 aliphatic rings. The molecular formula is C18H22N6O. The topological polar surface area (TPSA) is 75.9 Å². The Bertz CT molecular complexity index is 881. The molecule has 0 unspecified atom stereocenters. The Labute approximate surface area is 146 Å². The maximum Gasteiger partial charge on any atom is 0.273 e. The zero-order chi connectivity index (χ0) is 17.8. The molecule has 0 atom stereocenters. The quantitative estimate of drug-likeness (QED) is 0.694. The summed E-state index contributed by atoms with van der Waals surface area (Å²) < 4.78 is 1.67. The smallest absolute Gasteiger partial charge is 0.273 e. The number of hydrogen-bond donors (Lipinski definition) is 1. The predicted molar refractivity (Wildman–Crippen MR) is 96.9 cm³/mol. The van der Waals surface area contributed by atoms with E-state index in [2.05, 4.69) is 25.5 Å². The van der Waals surface area contributed by atoms with E-state index in [0.717, 1.165) is 29.6 Å². The summed E-state index contributed by atoms with van der Waals surface area (Å²) in [5.41, 5.74) is 2.69. The van der Waals surface area contributed by atoms with Crippen LogP contribution in [0.25, 0.3) is 16.6 Å². The Morgan fingerprint density at radius 2 is 2.04 bits per heavy atom. The van der Waals surface area contributed by atoms with Crippen LogP contribution in [0.15, 0.2) is 36.5 Å². The second kappa shape index (κ2) is 7.40. The molecule has 0 saturated heterocycles. The first-order valence-corrected chi connectivity index (χ1v) is 8.27. The van der Waals surface area contributed by atoms with Crippen LogP contribution in [0.5, 0.6) is 0 Å². The van der Waals surface area contributed by atoms with Crippen molar-refractivity contribution in [3.63, 3.8) is 0 Å². The lowest BCUT2D eigenvalue weighted by molar-refractivity contribution is 0.0946. The number of aromatic nitrogens is 4. The molecule has 2 heterocycles. The number of fused-ring (bicyclic) bond motifs is 1. The van der Waals surface area contributed by atoms with E-state index in [1.54, 1.807) is 10.9 Å². The van der Waals surface area contributed by atoms with Gasteiger partial charge in [-0.05, 0) is 46.1 Å². The lowest BCUT2D eigenvalue weighted by Gasteiger charge is -2.09. The Hall–Kier alpha value is -2.80. The summed E-state index contributed by atoms with van der Waals surface area (Å²) in [5, 5.41) is 12.2. The van der Waals surface area contributed by atoms with Crippen molar-refractivity contribution >= 4 is 16.8 Å². The van der Waals surface area contributed by atoms with Crippen LogP contribution in [0.1, 0.15) is 22.6 Å². The summed E-state index contributed by atoms with van der Waals surface area (Å²) in [6.07, 6.45) is 2.63. The van der Waals surface area contributed by atoms with Gasteiger partial charge < -0.3 is 10.2 Å². The highest BCUT2D eigenvalue weighted by Gasteiger charge is 2.18. The number of rotatable bonds is 6. The van der Waals surface area contributed by atoms with Gasteiger partial charge >= 0.3 is 0 Å². The van der Waals surface area contributed by atoms with E-state index in [1.807, 2.05) is 51.4 Å². The van der Waals surface area contributed by atoms with E-state index < -0.39 is 0 Å². The summed E-state index contributed by atoms with van der Waals surface area (Å²) in [7, 11) is 4.02. The predicted octanol–water partition coefficient (Wildman–Crippen LogP) is 1.81. The molecular weight excluding hydrogens is 316 g/mol. The molecule has 25 heavy (non-hydrogen) atoms. The number of amides is 1. The van der Waals surface area contributed by atoms with E-state index in [9.17, 15) is 4.79 Å². The molecule has 1 amide bonds. The maximum absolute atomic E-state index is 12.4. The molecule has 1 aromatic carbocycles. The van der Waals surface area contributed by atoms with Crippen molar-refractivity contribution in [1.29, 1.82) is 0 Å². The molecule has 0 bridgehead atoms. The Kier molecular flexibility index (Phi) is 5.04. The number of hydrogen-bond acceptors (Lipinski definition) is 5. The van der Waals surface area contributed by atoms with E-state index in [4.69, 9.17) is 0 Å². The summed E-state index contributed by atoms with van der Waals surface area (Å²) >= 11 is 0. The van der Waals surface area contributed by atoms with Crippen molar-refractivity contribution in [3.8, 4) is 5.69 Å². The van der Waals surface area contributed by atoms with Gasteiger partial charge in [0.25, 0.3) is 5.91 Å². The Morgan fingerprint density at radius 1 is 1.24 bits per heavy atom. The largest absolute Gasteiger partial charge is 0.351 e. The minimum atomic E-state index is -0.198. The van der Waals surface area contributed by atoms with Gasteiger partial charge in [-0.2, -0.15) is 0 Å². The number of carbonyl (C=O) groups excluding carboxylic acids is 1. The number of nitrogens with one attached hydrogen (secondary N) is 1. The van der Waals surface area contributed by atoms with Gasteiger partial charge in [-0.25, -0.2) is 4.68 Å². The third kappa shape index (κ3) is 3.66. The normalized spacial score (nSPS) is 11.2. The van der Waals surface area contributed by atoms with Crippen LogP contribution in [0.4, 0.5) is 0 Å². The molecule has 130 valence electrons. The second-order valence-corrected chi connectivity index (χ2v) is 6.20. The fourth-order valence-electron chi connectivity index (χ4n) is 2.71. The first-order chi connectivity index (χ1) is 12.1. The van der Waals surface area contributed by atoms with Gasteiger partial charge in [-0.3, -0.25) is 9.78 Å². The van der Waals surface area contributed by atoms with Crippen molar-refractivity contribution in [2.45, 2.75) is 13.3 Å². The van der Waals surface area contributed by atoms with Crippen LogP contribution in [-0.4, -0.2) is 58.0 Å². The molecule has 2 aromatic heterocycles. The van der Waals surface area contributed by atoms with Gasteiger partial charge in [0, 0.05) is 18.1 Å². The fourth-order valence-corrected chi connectivity index (χ4v) is 2.71. The van der Waals surface area contributed by atoms with Gasteiger partial charge in [-0.15, -0.1) is 5.10 Å². The van der Waals surface area contributed by atoms with Crippen molar-refractivity contribution in [2.75, 3.05) is 27.2 Å². The molecule has 0 aliphatic heterocycles. The molecule has 0 spiro atoms. The molecule has 3 aromatic rings. The van der Waals surface area contributed by atoms with Crippen LogP contribution < -0.4 is 5.32 Å². The zero-order valence-electron chi connectivity index (χ0n) is 14.7. The van der Waals surface area contributed by atoms with Gasteiger partial charge in [0.1, 0.15) is 0 Å². The van der Waals surface area contributed by atoms with Gasteiger partial charge in [0.05, 0.1) is 16.9 Å². The molecule has 3 rings (SSSR count). The minimum Gasteiger partial charge on any atom is -0.351 e. The van der Waals surface area contributed by atoms with E-state index >= 15 is 0 Å². The first-order valence-electron chi connectivity index (χ1n) is 8.27. The van der Waals surface area contributed by atoms with Crippen LogP contribution in [0.2, 0.25) is 0 Å². The third-order valence-corrected chi connectivity index (χ3v) is 4.02. The average molecular weight is 338 g/mol.